The van der Waals surface area contributed by atoms with Gasteiger partial charge in [-0.3, -0.25) is 0 Å². The normalized spacial score (nSPS) is 23.4. The van der Waals surface area contributed by atoms with Crippen molar-refractivity contribution in [3.63, 3.8) is 0 Å². The molecule has 0 atom stereocenters. The number of nitrogens with one attached hydrogen (secondary N) is 1. The van der Waals surface area contributed by atoms with E-state index in [1.54, 1.807) is 0 Å². The molecule has 1 heterocycles. The first-order chi connectivity index (χ1) is 10.0. The molecule has 0 aliphatic heterocycles. The second-order valence-corrected chi connectivity index (χ2v) is 8.54. The molecule has 1 fully saturated rings. The van der Waals surface area contributed by atoms with Gasteiger partial charge in [-0.25, -0.2) is 0 Å². The summed E-state index contributed by atoms with van der Waals surface area (Å²) in [5.41, 5.74) is 0.461. The van der Waals surface area contributed by atoms with Crippen LogP contribution in [-0.4, -0.2) is 23.3 Å². The Balaban J connectivity index is 1.80. The fourth-order valence-electron chi connectivity index (χ4n) is 3.24. The highest BCUT2D eigenvalue weighted by atomic mass is 32.1. The quantitative estimate of drug-likeness (QED) is 0.791. The third-order valence-electron chi connectivity index (χ3n) is 4.73. The van der Waals surface area contributed by atoms with E-state index in [2.05, 4.69) is 43.2 Å². The molecular weight excluding hydrogens is 278 g/mol. The summed E-state index contributed by atoms with van der Waals surface area (Å²) < 4.78 is 0. The lowest BCUT2D eigenvalue weighted by Gasteiger charge is -2.36. The van der Waals surface area contributed by atoms with Crippen molar-refractivity contribution in [1.29, 1.82) is 0 Å². The van der Waals surface area contributed by atoms with Crippen LogP contribution in [0.15, 0.2) is 0 Å². The summed E-state index contributed by atoms with van der Waals surface area (Å²) in [7, 11) is 0. The smallest absolute Gasteiger partial charge is 0.120 e. The minimum absolute atomic E-state index is 0.461. The van der Waals surface area contributed by atoms with Crippen LogP contribution in [0.4, 0.5) is 0 Å². The molecule has 0 bridgehead atoms. The molecule has 1 aromatic rings. The van der Waals surface area contributed by atoms with Gasteiger partial charge in [0.15, 0.2) is 0 Å². The average Bonchev–Trinajstić information content (AvgIpc) is 2.92. The SMILES string of the molecule is CCCNCCc1nnc(C2CCC(C(C)(C)C)CC2)s1. The number of aromatic nitrogens is 2. The van der Waals surface area contributed by atoms with Crippen LogP contribution in [0, 0.1) is 11.3 Å². The van der Waals surface area contributed by atoms with Crippen molar-refractivity contribution < 1.29 is 0 Å². The van der Waals surface area contributed by atoms with Gasteiger partial charge < -0.3 is 5.32 Å². The van der Waals surface area contributed by atoms with Crippen LogP contribution in [0.1, 0.15) is 75.7 Å². The Bertz CT molecular complexity index is 414. The summed E-state index contributed by atoms with van der Waals surface area (Å²) >= 11 is 1.84. The Labute approximate surface area is 133 Å². The lowest BCUT2D eigenvalue weighted by atomic mass is 9.70. The molecular formula is C17H31N3S. The fraction of sp³-hybridized carbons (Fsp3) is 0.882. The summed E-state index contributed by atoms with van der Waals surface area (Å²) in [5.74, 6) is 1.54. The molecule has 1 aliphatic carbocycles. The van der Waals surface area contributed by atoms with Crippen molar-refractivity contribution in [2.45, 2.75) is 72.1 Å². The van der Waals surface area contributed by atoms with E-state index in [-0.39, 0.29) is 0 Å². The van der Waals surface area contributed by atoms with Gasteiger partial charge in [0.05, 0.1) is 0 Å². The molecule has 0 unspecified atom stereocenters. The van der Waals surface area contributed by atoms with Crippen LogP contribution in [0.3, 0.4) is 0 Å². The largest absolute Gasteiger partial charge is 0.316 e. The van der Waals surface area contributed by atoms with Crippen LogP contribution in [0.5, 0.6) is 0 Å². The van der Waals surface area contributed by atoms with Gasteiger partial charge in [-0.05, 0) is 50.0 Å². The zero-order valence-corrected chi connectivity index (χ0v) is 14.9. The minimum atomic E-state index is 0.461. The van der Waals surface area contributed by atoms with Gasteiger partial charge in [0.1, 0.15) is 10.0 Å². The van der Waals surface area contributed by atoms with E-state index >= 15 is 0 Å². The maximum atomic E-state index is 4.47. The molecule has 0 spiro atoms. The minimum Gasteiger partial charge on any atom is -0.316 e. The van der Waals surface area contributed by atoms with Gasteiger partial charge >= 0.3 is 0 Å². The molecule has 4 heteroatoms. The zero-order chi connectivity index (χ0) is 15.3. The summed E-state index contributed by atoms with van der Waals surface area (Å²) in [6, 6.07) is 0. The first kappa shape index (κ1) is 16.9. The van der Waals surface area contributed by atoms with Crippen molar-refractivity contribution in [3.8, 4) is 0 Å². The summed E-state index contributed by atoms with van der Waals surface area (Å²) in [6.07, 6.45) is 7.50. The van der Waals surface area contributed by atoms with Crippen molar-refractivity contribution in [3.05, 3.63) is 10.0 Å². The molecule has 21 heavy (non-hydrogen) atoms. The van der Waals surface area contributed by atoms with Crippen LogP contribution in [0.2, 0.25) is 0 Å². The van der Waals surface area contributed by atoms with Crippen LogP contribution in [-0.2, 0) is 6.42 Å². The van der Waals surface area contributed by atoms with Gasteiger partial charge in [-0.15, -0.1) is 21.5 Å². The predicted octanol–water partition coefficient (Wildman–Crippen LogP) is 4.40. The Kier molecular flexibility index (Phi) is 6.18. The molecule has 0 radical (unpaired) electrons. The third-order valence-corrected chi connectivity index (χ3v) is 5.87. The van der Waals surface area contributed by atoms with Gasteiger partial charge in [0.25, 0.3) is 0 Å². The van der Waals surface area contributed by atoms with Crippen molar-refractivity contribution in [2.75, 3.05) is 13.1 Å². The molecule has 120 valence electrons. The standard InChI is InChI=1S/C17H31N3S/c1-5-11-18-12-10-15-19-20-16(21-15)13-6-8-14(9-7-13)17(2,3)4/h13-14,18H,5-12H2,1-4H3. The summed E-state index contributed by atoms with van der Waals surface area (Å²) in [5, 5.41) is 14.8. The highest BCUT2D eigenvalue weighted by Crippen LogP contribution is 2.43. The van der Waals surface area contributed by atoms with Crippen LogP contribution >= 0.6 is 11.3 Å². The van der Waals surface area contributed by atoms with E-state index in [4.69, 9.17) is 0 Å². The van der Waals surface area contributed by atoms with E-state index in [0.717, 1.165) is 25.4 Å². The molecule has 1 aliphatic rings. The predicted molar refractivity (Wildman–Crippen MR) is 90.9 cm³/mol. The van der Waals surface area contributed by atoms with Crippen LogP contribution < -0.4 is 5.32 Å². The monoisotopic (exact) mass is 309 g/mol. The average molecular weight is 310 g/mol. The Morgan fingerprint density at radius 3 is 2.43 bits per heavy atom. The molecule has 0 aromatic carbocycles. The molecule has 1 aromatic heterocycles. The van der Waals surface area contributed by atoms with E-state index in [9.17, 15) is 0 Å². The molecule has 0 amide bonds. The number of hydrogen-bond acceptors (Lipinski definition) is 4. The molecule has 3 nitrogen and oxygen atoms in total. The number of nitrogens with zero attached hydrogens (tertiary/aromatic N) is 2. The van der Waals surface area contributed by atoms with E-state index in [1.807, 2.05) is 11.3 Å². The lowest BCUT2D eigenvalue weighted by Crippen LogP contribution is -2.25. The van der Waals surface area contributed by atoms with Crippen molar-refractivity contribution >= 4 is 11.3 Å². The van der Waals surface area contributed by atoms with E-state index in [1.165, 1.54) is 42.1 Å². The van der Waals surface area contributed by atoms with Gasteiger partial charge in [0, 0.05) is 18.9 Å². The highest BCUT2D eigenvalue weighted by molar-refractivity contribution is 7.11. The topological polar surface area (TPSA) is 37.8 Å². The molecule has 1 saturated carbocycles. The first-order valence-corrected chi connectivity index (χ1v) is 9.35. The number of hydrogen-bond donors (Lipinski definition) is 1. The summed E-state index contributed by atoms with van der Waals surface area (Å²) in [6.45, 7) is 11.5. The van der Waals surface area contributed by atoms with Crippen LogP contribution in [0.25, 0.3) is 0 Å². The van der Waals surface area contributed by atoms with E-state index in [0.29, 0.717) is 11.3 Å². The summed E-state index contributed by atoms with van der Waals surface area (Å²) in [4.78, 5) is 0. The zero-order valence-electron chi connectivity index (χ0n) is 14.1. The van der Waals surface area contributed by atoms with Crippen molar-refractivity contribution in [1.82, 2.24) is 15.5 Å². The first-order valence-electron chi connectivity index (χ1n) is 8.53. The third kappa shape index (κ3) is 5.03. The second kappa shape index (κ2) is 7.68. The second-order valence-electron chi connectivity index (χ2n) is 7.45. The van der Waals surface area contributed by atoms with Gasteiger partial charge in [-0.1, -0.05) is 27.7 Å². The fourth-order valence-corrected chi connectivity index (χ4v) is 4.25. The Morgan fingerprint density at radius 1 is 1.10 bits per heavy atom. The van der Waals surface area contributed by atoms with Crippen molar-refractivity contribution in [2.24, 2.45) is 11.3 Å². The van der Waals surface area contributed by atoms with Gasteiger partial charge in [-0.2, -0.15) is 0 Å². The maximum Gasteiger partial charge on any atom is 0.120 e. The molecule has 0 saturated heterocycles. The lowest BCUT2D eigenvalue weighted by molar-refractivity contribution is 0.169. The Morgan fingerprint density at radius 2 is 1.81 bits per heavy atom. The number of rotatable bonds is 6. The molecule has 2 rings (SSSR count). The maximum absolute atomic E-state index is 4.47. The van der Waals surface area contributed by atoms with E-state index < -0.39 is 0 Å². The van der Waals surface area contributed by atoms with Gasteiger partial charge in [0.2, 0.25) is 0 Å². The molecule has 1 N–H and O–H groups in total. The highest BCUT2D eigenvalue weighted by Gasteiger charge is 2.31. The Hall–Kier alpha value is -0.480.